The van der Waals surface area contributed by atoms with E-state index in [1.165, 1.54) is 19.1 Å². The van der Waals surface area contributed by atoms with Gasteiger partial charge in [-0.2, -0.15) is 0 Å². The number of rotatable bonds is 17. The minimum absolute atomic E-state index is 0.00966. The van der Waals surface area contributed by atoms with Crippen LogP contribution in [0.25, 0.3) is 0 Å². The lowest BCUT2D eigenvalue weighted by Crippen LogP contribution is -2.59. The molecule has 5 atom stereocenters. The summed E-state index contributed by atoms with van der Waals surface area (Å²) in [4.78, 5) is 77.7. The van der Waals surface area contributed by atoms with Crippen molar-refractivity contribution in [3.05, 3.63) is 65.7 Å². The van der Waals surface area contributed by atoms with E-state index in [4.69, 9.17) is 0 Å². The molecule has 0 radical (unpaired) electrons. The molecule has 2 aromatic carbocycles. The molecule has 1 fully saturated rings. The Kier molecular flexibility index (Phi) is 13.9. The summed E-state index contributed by atoms with van der Waals surface area (Å²) in [5.74, 6) is -4.20. The second-order valence-corrected chi connectivity index (χ2v) is 12.3. The van der Waals surface area contributed by atoms with Gasteiger partial charge < -0.3 is 36.8 Å². The van der Waals surface area contributed by atoms with Crippen LogP contribution >= 0.6 is 0 Å². The quantitative estimate of drug-likeness (QED) is 0.130. The molecule has 2 aromatic rings. The normalized spacial score (nSPS) is 16.7. The van der Waals surface area contributed by atoms with Gasteiger partial charge in [0.25, 0.3) is 0 Å². The fourth-order valence-electron chi connectivity index (χ4n) is 5.32. The second kappa shape index (κ2) is 17.8. The first-order valence-electron chi connectivity index (χ1n) is 15.8. The Bertz CT molecular complexity index is 1390. The molecular weight excluding hydrogens is 606 g/mol. The number of ketones is 1. The SMILES string of the molecule is CC(=O)[C@H](CC(C)C)NC(=O)[C@H](Cc1ccccc1)NC(=O)[C@H](Cc1ccc(O)cc1)NC(=O)[C@H](CC(=O)O)NC(=O)[C@@H]1CCCN1. The summed E-state index contributed by atoms with van der Waals surface area (Å²) in [5, 5.41) is 32.8. The Morgan fingerprint density at radius 3 is 1.79 bits per heavy atom. The standard InChI is InChI=1S/C34H45N5O8/c1-20(2)16-26(21(3)40)36-32(45)27(17-22-8-5-4-6-9-22)37-33(46)28(18-23-11-13-24(41)14-12-23)38-34(47)29(19-30(42)43)39-31(44)25-10-7-15-35-25/h4-6,8-9,11-14,20,25-29,35,41H,7,10,15-19H2,1-3H3,(H,36,45)(H,37,46)(H,38,47)(H,39,44)(H,42,43)/t25-,26-,27-,28-,29-/m0/s1. The van der Waals surface area contributed by atoms with Gasteiger partial charge in [0.1, 0.15) is 23.9 Å². The van der Waals surface area contributed by atoms with Crippen molar-refractivity contribution in [1.29, 1.82) is 0 Å². The van der Waals surface area contributed by atoms with Gasteiger partial charge in [0.2, 0.25) is 23.6 Å². The third kappa shape index (κ3) is 12.2. The van der Waals surface area contributed by atoms with Crippen molar-refractivity contribution >= 4 is 35.4 Å². The molecule has 0 unspecified atom stereocenters. The highest BCUT2D eigenvalue weighted by molar-refractivity contribution is 5.97. The van der Waals surface area contributed by atoms with Gasteiger partial charge in [0.05, 0.1) is 18.5 Å². The van der Waals surface area contributed by atoms with Gasteiger partial charge in [-0.05, 0) is 61.9 Å². The van der Waals surface area contributed by atoms with Gasteiger partial charge in [-0.1, -0.05) is 56.3 Å². The van der Waals surface area contributed by atoms with Gasteiger partial charge in [0.15, 0.2) is 5.78 Å². The molecule has 1 aliphatic heterocycles. The Morgan fingerprint density at radius 1 is 0.766 bits per heavy atom. The first-order valence-corrected chi connectivity index (χ1v) is 15.8. The van der Waals surface area contributed by atoms with Crippen LogP contribution in [0.1, 0.15) is 57.6 Å². The second-order valence-electron chi connectivity index (χ2n) is 12.3. The molecule has 13 heteroatoms. The van der Waals surface area contributed by atoms with E-state index in [1.807, 2.05) is 19.9 Å². The van der Waals surface area contributed by atoms with Crippen LogP contribution in [0, 0.1) is 5.92 Å². The number of aromatic hydroxyl groups is 1. The summed E-state index contributed by atoms with van der Waals surface area (Å²) >= 11 is 0. The van der Waals surface area contributed by atoms with Crippen LogP contribution in [0.2, 0.25) is 0 Å². The maximum atomic E-state index is 13.9. The van der Waals surface area contributed by atoms with E-state index in [2.05, 4.69) is 26.6 Å². The molecule has 1 aliphatic rings. The summed E-state index contributed by atoms with van der Waals surface area (Å²) in [7, 11) is 0. The molecule has 1 saturated heterocycles. The molecule has 3 rings (SSSR count). The number of phenols is 1. The molecule has 0 aliphatic carbocycles. The number of hydrogen-bond donors (Lipinski definition) is 7. The largest absolute Gasteiger partial charge is 0.508 e. The van der Waals surface area contributed by atoms with E-state index in [0.29, 0.717) is 24.9 Å². The Balaban J connectivity index is 1.88. The minimum Gasteiger partial charge on any atom is -0.508 e. The van der Waals surface area contributed by atoms with Crippen molar-refractivity contribution in [2.24, 2.45) is 5.92 Å². The molecule has 47 heavy (non-hydrogen) atoms. The zero-order valence-electron chi connectivity index (χ0n) is 27.0. The third-order valence-electron chi connectivity index (χ3n) is 7.83. The summed E-state index contributed by atoms with van der Waals surface area (Å²) in [6, 6.07) is 9.64. The molecule has 0 bridgehead atoms. The highest BCUT2D eigenvalue weighted by Gasteiger charge is 2.33. The summed E-state index contributed by atoms with van der Waals surface area (Å²) in [5.41, 5.74) is 1.29. The number of carbonyl (C=O) groups is 6. The predicted molar refractivity (Wildman–Crippen MR) is 173 cm³/mol. The average molecular weight is 652 g/mol. The Morgan fingerprint density at radius 2 is 1.30 bits per heavy atom. The molecule has 1 heterocycles. The van der Waals surface area contributed by atoms with Crippen LogP contribution in [0.5, 0.6) is 5.75 Å². The number of nitrogens with one attached hydrogen (secondary N) is 5. The molecule has 0 spiro atoms. The van der Waals surface area contributed by atoms with E-state index in [0.717, 1.165) is 12.0 Å². The van der Waals surface area contributed by atoms with Crippen LogP contribution < -0.4 is 26.6 Å². The molecule has 13 nitrogen and oxygen atoms in total. The van der Waals surface area contributed by atoms with Crippen molar-refractivity contribution in [1.82, 2.24) is 26.6 Å². The lowest BCUT2D eigenvalue weighted by Gasteiger charge is -2.27. The number of phenolic OH excluding ortho intramolecular Hbond substituents is 1. The average Bonchev–Trinajstić information content (AvgIpc) is 3.56. The maximum Gasteiger partial charge on any atom is 0.305 e. The van der Waals surface area contributed by atoms with Gasteiger partial charge in [-0.3, -0.25) is 28.8 Å². The van der Waals surface area contributed by atoms with Crippen LogP contribution in [-0.2, 0) is 41.6 Å². The van der Waals surface area contributed by atoms with Crippen molar-refractivity contribution in [3.8, 4) is 5.75 Å². The van der Waals surface area contributed by atoms with Crippen molar-refractivity contribution in [2.75, 3.05) is 6.54 Å². The first kappa shape index (κ1) is 36.7. The summed E-state index contributed by atoms with van der Waals surface area (Å²) in [6.07, 6.45) is 0.963. The van der Waals surface area contributed by atoms with E-state index < -0.39 is 66.2 Å². The number of carboxylic acid groups (broad SMARTS) is 1. The molecule has 4 amide bonds. The zero-order valence-corrected chi connectivity index (χ0v) is 27.0. The van der Waals surface area contributed by atoms with Crippen LogP contribution in [0.15, 0.2) is 54.6 Å². The topological polar surface area (TPSA) is 203 Å². The van der Waals surface area contributed by atoms with Gasteiger partial charge in [-0.15, -0.1) is 0 Å². The lowest BCUT2D eigenvalue weighted by atomic mass is 9.99. The Labute approximate surface area is 274 Å². The number of hydrogen-bond acceptors (Lipinski definition) is 8. The Hall–Kier alpha value is -4.78. The monoisotopic (exact) mass is 651 g/mol. The van der Waals surface area contributed by atoms with Crippen LogP contribution in [0.3, 0.4) is 0 Å². The lowest BCUT2D eigenvalue weighted by molar-refractivity contribution is -0.141. The van der Waals surface area contributed by atoms with Gasteiger partial charge >= 0.3 is 5.97 Å². The number of carbonyl (C=O) groups excluding carboxylic acids is 5. The first-order chi connectivity index (χ1) is 22.3. The number of aliphatic carboxylic acids is 1. The van der Waals surface area contributed by atoms with E-state index in [9.17, 15) is 39.0 Å². The fourth-order valence-corrected chi connectivity index (χ4v) is 5.32. The van der Waals surface area contributed by atoms with E-state index >= 15 is 0 Å². The van der Waals surface area contributed by atoms with E-state index in [1.54, 1.807) is 36.4 Å². The zero-order chi connectivity index (χ0) is 34.5. The molecule has 0 saturated carbocycles. The third-order valence-corrected chi connectivity index (χ3v) is 7.83. The van der Waals surface area contributed by atoms with Gasteiger partial charge in [0, 0.05) is 12.8 Å². The van der Waals surface area contributed by atoms with Crippen molar-refractivity contribution in [2.45, 2.75) is 89.5 Å². The smallest absolute Gasteiger partial charge is 0.305 e. The highest BCUT2D eigenvalue weighted by atomic mass is 16.4. The maximum absolute atomic E-state index is 13.9. The van der Waals surface area contributed by atoms with E-state index in [-0.39, 0.29) is 30.3 Å². The number of benzene rings is 2. The fraction of sp³-hybridized carbons (Fsp3) is 0.471. The molecule has 7 N–H and O–H groups in total. The predicted octanol–water partition coefficient (Wildman–Crippen LogP) is 0.978. The summed E-state index contributed by atoms with van der Waals surface area (Å²) in [6.45, 7) is 5.85. The number of Topliss-reactive ketones (excluding diaryl/α,β-unsaturated/α-hetero) is 1. The van der Waals surface area contributed by atoms with Crippen molar-refractivity contribution < 1.29 is 39.0 Å². The van der Waals surface area contributed by atoms with Gasteiger partial charge in [-0.25, -0.2) is 0 Å². The number of carboxylic acids is 1. The van der Waals surface area contributed by atoms with Crippen LogP contribution in [-0.4, -0.2) is 82.3 Å². The molecule has 254 valence electrons. The van der Waals surface area contributed by atoms with Crippen molar-refractivity contribution in [3.63, 3.8) is 0 Å². The minimum atomic E-state index is -1.48. The summed E-state index contributed by atoms with van der Waals surface area (Å²) < 4.78 is 0. The number of amides is 4. The molecule has 0 aromatic heterocycles. The van der Waals surface area contributed by atoms with Crippen LogP contribution in [0.4, 0.5) is 0 Å². The molecular formula is C34H45N5O8. The highest BCUT2D eigenvalue weighted by Crippen LogP contribution is 2.14.